The monoisotopic (exact) mass is 672 g/mol. The molecule has 1 nitrogen and oxygen atoms in total. The fraction of sp³-hybridized carbons (Fsp3) is 0. The molecule has 53 heavy (non-hydrogen) atoms. The number of rotatable bonds is 4. The van der Waals surface area contributed by atoms with Crippen molar-refractivity contribution in [3.63, 3.8) is 0 Å². The van der Waals surface area contributed by atoms with Crippen LogP contribution in [0.5, 0.6) is 0 Å². The van der Waals surface area contributed by atoms with Crippen molar-refractivity contribution < 1.29 is 4.42 Å². The van der Waals surface area contributed by atoms with Gasteiger partial charge in [-0.15, -0.1) is 0 Å². The average molecular weight is 673 g/mol. The van der Waals surface area contributed by atoms with E-state index in [2.05, 4.69) is 194 Å². The minimum atomic E-state index is 0.938. The lowest BCUT2D eigenvalue weighted by molar-refractivity contribution is 0.676. The number of benzene rings is 10. The fourth-order valence-corrected chi connectivity index (χ4v) is 8.62. The molecule has 0 aliphatic rings. The zero-order chi connectivity index (χ0) is 34.9. The van der Waals surface area contributed by atoms with Crippen LogP contribution in [0.25, 0.3) is 110 Å². The minimum Gasteiger partial charge on any atom is -0.455 e. The van der Waals surface area contributed by atoms with Gasteiger partial charge in [0.2, 0.25) is 0 Å². The summed E-state index contributed by atoms with van der Waals surface area (Å²) in [6.45, 7) is 0. The van der Waals surface area contributed by atoms with Gasteiger partial charge in [0.05, 0.1) is 0 Å². The summed E-state index contributed by atoms with van der Waals surface area (Å²) in [7, 11) is 0. The van der Waals surface area contributed by atoms with E-state index in [0.29, 0.717) is 0 Å². The van der Waals surface area contributed by atoms with Crippen LogP contribution in [0.1, 0.15) is 0 Å². The number of furan rings is 1. The number of hydrogen-bond donors (Lipinski definition) is 0. The highest BCUT2D eigenvalue weighted by Crippen LogP contribution is 2.47. The average Bonchev–Trinajstić information content (AvgIpc) is 3.64. The van der Waals surface area contributed by atoms with Gasteiger partial charge in [-0.1, -0.05) is 176 Å². The first-order valence-corrected chi connectivity index (χ1v) is 18.3. The van der Waals surface area contributed by atoms with Gasteiger partial charge in [-0.05, 0) is 95.0 Å². The molecule has 0 aliphatic heterocycles. The Kier molecular flexibility index (Phi) is 6.62. The summed E-state index contributed by atoms with van der Waals surface area (Å²) >= 11 is 0. The van der Waals surface area contributed by atoms with Crippen molar-refractivity contribution in [1.82, 2.24) is 0 Å². The predicted molar refractivity (Wildman–Crippen MR) is 225 cm³/mol. The van der Waals surface area contributed by atoms with Gasteiger partial charge in [0.15, 0.2) is 0 Å². The van der Waals surface area contributed by atoms with Crippen LogP contribution < -0.4 is 0 Å². The molecule has 0 N–H and O–H groups in total. The van der Waals surface area contributed by atoms with Gasteiger partial charge in [-0.25, -0.2) is 0 Å². The van der Waals surface area contributed by atoms with Crippen LogP contribution in [0.2, 0.25) is 0 Å². The van der Waals surface area contributed by atoms with Gasteiger partial charge in [0.25, 0.3) is 0 Å². The van der Waals surface area contributed by atoms with Gasteiger partial charge in [-0.3, -0.25) is 0 Å². The molecule has 10 aromatic carbocycles. The van der Waals surface area contributed by atoms with E-state index >= 15 is 0 Å². The Morgan fingerprint density at radius 1 is 0.264 bits per heavy atom. The lowest BCUT2D eigenvalue weighted by atomic mass is 9.85. The van der Waals surface area contributed by atoms with Crippen LogP contribution in [-0.4, -0.2) is 0 Å². The Labute approximate surface area is 307 Å². The van der Waals surface area contributed by atoms with E-state index in [9.17, 15) is 0 Å². The summed E-state index contributed by atoms with van der Waals surface area (Å²) in [5.74, 6) is 0. The largest absolute Gasteiger partial charge is 0.455 e. The maximum absolute atomic E-state index is 6.86. The van der Waals surface area contributed by atoms with E-state index < -0.39 is 0 Å². The molecular formula is C52H32O. The molecule has 1 heteroatoms. The fourth-order valence-electron chi connectivity index (χ4n) is 8.62. The first kappa shape index (κ1) is 29.7. The second kappa shape index (κ2) is 11.8. The Bertz CT molecular complexity index is 3150. The maximum atomic E-state index is 6.86. The zero-order valence-electron chi connectivity index (χ0n) is 28.9. The van der Waals surface area contributed by atoms with Gasteiger partial charge in [-0.2, -0.15) is 0 Å². The van der Waals surface area contributed by atoms with E-state index in [-0.39, 0.29) is 0 Å². The highest BCUT2D eigenvalue weighted by Gasteiger charge is 2.20. The minimum absolute atomic E-state index is 0.938. The molecule has 0 bridgehead atoms. The van der Waals surface area contributed by atoms with Crippen molar-refractivity contribution >= 4 is 65.0 Å². The summed E-state index contributed by atoms with van der Waals surface area (Å²) in [6.07, 6.45) is 0. The SMILES string of the molecule is c1ccc(-c2ccc(-c3c4ccccc4c(-c4cccc(-c5cc6ccccc6c6oc7c8ccccc8ccc7c56)c4)c4ccccc34)cc2)cc1. The van der Waals surface area contributed by atoms with Gasteiger partial charge in [0.1, 0.15) is 11.2 Å². The molecule has 0 atom stereocenters. The molecule has 11 aromatic rings. The van der Waals surface area contributed by atoms with E-state index in [4.69, 9.17) is 4.42 Å². The predicted octanol–water partition coefficient (Wildman–Crippen LogP) is 14.9. The molecule has 0 radical (unpaired) electrons. The molecular weight excluding hydrogens is 641 g/mol. The molecule has 0 fully saturated rings. The Morgan fingerprint density at radius 2 is 0.755 bits per heavy atom. The van der Waals surface area contributed by atoms with Crippen LogP contribution in [0.4, 0.5) is 0 Å². The summed E-state index contributed by atoms with van der Waals surface area (Å²) in [6, 6.07) is 70.5. The van der Waals surface area contributed by atoms with Crippen LogP contribution in [0.15, 0.2) is 199 Å². The third-order valence-electron chi connectivity index (χ3n) is 11.0. The van der Waals surface area contributed by atoms with E-state index in [1.54, 1.807) is 0 Å². The summed E-state index contributed by atoms with van der Waals surface area (Å²) in [5, 5.41) is 11.9. The van der Waals surface area contributed by atoms with Crippen molar-refractivity contribution in [2.75, 3.05) is 0 Å². The van der Waals surface area contributed by atoms with E-state index in [0.717, 1.165) is 32.7 Å². The lowest BCUT2D eigenvalue weighted by Gasteiger charge is -2.18. The number of hydrogen-bond acceptors (Lipinski definition) is 1. The second-order valence-corrected chi connectivity index (χ2v) is 14.0. The highest BCUT2D eigenvalue weighted by molar-refractivity contribution is 6.25. The first-order valence-electron chi connectivity index (χ1n) is 18.3. The van der Waals surface area contributed by atoms with Crippen LogP contribution in [-0.2, 0) is 0 Å². The van der Waals surface area contributed by atoms with Crippen molar-refractivity contribution in [2.45, 2.75) is 0 Å². The molecule has 246 valence electrons. The summed E-state index contributed by atoms with van der Waals surface area (Å²) in [4.78, 5) is 0. The van der Waals surface area contributed by atoms with Crippen LogP contribution >= 0.6 is 0 Å². The molecule has 0 unspecified atom stereocenters. The molecule has 11 rings (SSSR count). The van der Waals surface area contributed by atoms with Crippen LogP contribution in [0.3, 0.4) is 0 Å². The molecule has 0 spiro atoms. The molecule has 0 saturated carbocycles. The van der Waals surface area contributed by atoms with Gasteiger partial charge >= 0.3 is 0 Å². The van der Waals surface area contributed by atoms with E-state index in [1.165, 1.54) is 76.8 Å². The van der Waals surface area contributed by atoms with Crippen molar-refractivity contribution in [1.29, 1.82) is 0 Å². The normalized spacial score (nSPS) is 11.8. The topological polar surface area (TPSA) is 13.1 Å². The Morgan fingerprint density at radius 3 is 1.43 bits per heavy atom. The maximum Gasteiger partial charge on any atom is 0.143 e. The second-order valence-electron chi connectivity index (χ2n) is 14.0. The van der Waals surface area contributed by atoms with E-state index in [1.807, 2.05) is 0 Å². The van der Waals surface area contributed by atoms with Crippen molar-refractivity contribution in [3.8, 4) is 44.5 Å². The molecule has 0 amide bonds. The Hall–Kier alpha value is -6.96. The third kappa shape index (κ3) is 4.64. The third-order valence-corrected chi connectivity index (χ3v) is 11.0. The highest BCUT2D eigenvalue weighted by atomic mass is 16.3. The molecule has 1 heterocycles. The van der Waals surface area contributed by atoms with Gasteiger partial charge in [0, 0.05) is 21.5 Å². The first-order chi connectivity index (χ1) is 26.3. The summed E-state index contributed by atoms with van der Waals surface area (Å²) < 4.78 is 6.86. The standard InChI is InChI=1S/C52H32O/c1-2-13-33(14-3-1)34-25-27-36(28-26-34)48-42-21-8-10-23-44(42)49(45-24-11-9-22-43(45)48)39-18-12-17-37(31-39)47-32-38-16-5-7-20-41(38)52-50(47)46-30-29-35-15-4-6-19-40(35)51(46)53-52/h1-32H. The number of fused-ring (bicyclic) bond motifs is 9. The quantitative estimate of drug-likeness (QED) is 0.170. The van der Waals surface area contributed by atoms with Crippen molar-refractivity contribution in [3.05, 3.63) is 194 Å². The zero-order valence-corrected chi connectivity index (χ0v) is 28.9. The molecule has 0 aliphatic carbocycles. The summed E-state index contributed by atoms with van der Waals surface area (Å²) in [5.41, 5.74) is 11.6. The molecule has 1 aromatic heterocycles. The smallest absolute Gasteiger partial charge is 0.143 e. The van der Waals surface area contributed by atoms with Gasteiger partial charge < -0.3 is 4.42 Å². The molecule has 0 saturated heterocycles. The Balaban J connectivity index is 1.15. The van der Waals surface area contributed by atoms with Crippen molar-refractivity contribution in [2.24, 2.45) is 0 Å². The lowest BCUT2D eigenvalue weighted by Crippen LogP contribution is -1.91. The van der Waals surface area contributed by atoms with Crippen LogP contribution in [0, 0.1) is 0 Å².